The van der Waals surface area contributed by atoms with Crippen LogP contribution in [0.5, 0.6) is 0 Å². The Bertz CT molecular complexity index is 236. The Labute approximate surface area is 91.6 Å². The lowest BCUT2D eigenvalue weighted by molar-refractivity contribution is -0.142. The van der Waals surface area contributed by atoms with Crippen LogP contribution in [-0.2, 0) is 4.79 Å². The molecule has 4 nitrogen and oxygen atoms in total. The summed E-state index contributed by atoms with van der Waals surface area (Å²) in [4.78, 5) is 11.7. The standard InChI is InChI=1S/C11H21N3O/c1-9(2)14-11(15)4-6-13(14)8-10-3-5-12-7-10/h9-10,12H,3-8H2,1-2H3. The molecule has 1 N–H and O–H groups in total. The minimum absolute atomic E-state index is 0.288. The van der Waals surface area contributed by atoms with Crippen molar-refractivity contribution in [3.8, 4) is 0 Å². The first-order valence-electron chi connectivity index (χ1n) is 5.96. The molecule has 4 heteroatoms. The van der Waals surface area contributed by atoms with E-state index in [2.05, 4.69) is 24.2 Å². The molecule has 0 aliphatic carbocycles. The molecular weight excluding hydrogens is 190 g/mol. The summed E-state index contributed by atoms with van der Waals surface area (Å²) in [5.41, 5.74) is 0. The summed E-state index contributed by atoms with van der Waals surface area (Å²) in [5, 5.41) is 7.55. The van der Waals surface area contributed by atoms with Crippen LogP contribution in [-0.4, -0.2) is 48.1 Å². The summed E-state index contributed by atoms with van der Waals surface area (Å²) in [5.74, 6) is 1.01. The molecule has 0 aromatic rings. The van der Waals surface area contributed by atoms with Gasteiger partial charge in [-0.2, -0.15) is 0 Å². The second kappa shape index (κ2) is 4.49. The second-order valence-corrected chi connectivity index (χ2v) is 4.85. The lowest BCUT2D eigenvalue weighted by Gasteiger charge is -2.32. The first-order chi connectivity index (χ1) is 7.18. The zero-order chi connectivity index (χ0) is 10.8. The fraction of sp³-hybridized carbons (Fsp3) is 0.909. The van der Waals surface area contributed by atoms with Crippen molar-refractivity contribution in [1.82, 2.24) is 15.3 Å². The molecule has 0 bridgehead atoms. The Hall–Kier alpha value is -0.610. The van der Waals surface area contributed by atoms with Gasteiger partial charge in [-0.25, -0.2) is 5.01 Å². The summed E-state index contributed by atoms with van der Waals surface area (Å²) in [7, 11) is 0. The average Bonchev–Trinajstić information content (AvgIpc) is 2.76. The number of carbonyl (C=O) groups excluding carboxylic acids is 1. The summed E-state index contributed by atoms with van der Waals surface area (Å²) >= 11 is 0. The molecule has 2 aliphatic heterocycles. The van der Waals surface area contributed by atoms with E-state index in [0.717, 1.165) is 32.1 Å². The van der Waals surface area contributed by atoms with E-state index >= 15 is 0 Å². The first-order valence-corrected chi connectivity index (χ1v) is 5.96. The van der Waals surface area contributed by atoms with Crippen LogP contribution < -0.4 is 5.32 Å². The molecule has 1 unspecified atom stereocenters. The maximum Gasteiger partial charge on any atom is 0.238 e. The number of hydrogen-bond donors (Lipinski definition) is 1. The molecule has 0 aromatic carbocycles. The number of rotatable bonds is 3. The Balaban J connectivity index is 1.92. The van der Waals surface area contributed by atoms with Crippen molar-refractivity contribution in [2.24, 2.45) is 5.92 Å². The predicted octanol–water partition coefficient (Wildman–Crippen LogP) is 0.454. The largest absolute Gasteiger partial charge is 0.316 e. The summed E-state index contributed by atoms with van der Waals surface area (Å²) in [6, 6.07) is 0.300. The lowest BCUT2D eigenvalue weighted by Crippen LogP contribution is -2.45. The van der Waals surface area contributed by atoms with E-state index in [-0.39, 0.29) is 5.91 Å². The van der Waals surface area contributed by atoms with Crippen LogP contribution in [0.2, 0.25) is 0 Å². The van der Waals surface area contributed by atoms with Gasteiger partial charge < -0.3 is 5.32 Å². The van der Waals surface area contributed by atoms with E-state index in [9.17, 15) is 4.79 Å². The molecule has 1 atom stereocenters. The van der Waals surface area contributed by atoms with Gasteiger partial charge in [0.05, 0.1) is 0 Å². The molecule has 0 spiro atoms. The highest BCUT2D eigenvalue weighted by molar-refractivity contribution is 5.77. The normalized spacial score (nSPS) is 28.3. The monoisotopic (exact) mass is 211 g/mol. The fourth-order valence-electron chi connectivity index (χ4n) is 2.57. The van der Waals surface area contributed by atoms with E-state index in [1.54, 1.807) is 0 Å². The van der Waals surface area contributed by atoms with Crippen molar-refractivity contribution < 1.29 is 4.79 Å². The second-order valence-electron chi connectivity index (χ2n) is 4.85. The number of amides is 1. The van der Waals surface area contributed by atoms with Crippen LogP contribution in [0.1, 0.15) is 26.7 Å². The summed E-state index contributed by atoms with van der Waals surface area (Å²) in [6.07, 6.45) is 1.94. The predicted molar refractivity (Wildman–Crippen MR) is 59.1 cm³/mol. The average molecular weight is 211 g/mol. The number of hydrazine groups is 1. The molecule has 0 saturated carbocycles. The highest BCUT2D eigenvalue weighted by atomic mass is 16.2. The molecule has 0 radical (unpaired) electrons. The molecular formula is C11H21N3O. The van der Waals surface area contributed by atoms with Crippen LogP contribution >= 0.6 is 0 Å². The Morgan fingerprint density at radius 2 is 2.33 bits per heavy atom. The fourth-order valence-corrected chi connectivity index (χ4v) is 2.57. The third kappa shape index (κ3) is 2.32. The summed E-state index contributed by atoms with van der Waals surface area (Å²) < 4.78 is 0. The highest BCUT2D eigenvalue weighted by Crippen LogP contribution is 2.19. The maximum atomic E-state index is 11.7. The van der Waals surface area contributed by atoms with Crippen LogP contribution in [0.25, 0.3) is 0 Å². The van der Waals surface area contributed by atoms with E-state index in [1.165, 1.54) is 6.42 Å². The molecule has 2 rings (SSSR count). The zero-order valence-electron chi connectivity index (χ0n) is 9.70. The van der Waals surface area contributed by atoms with Crippen molar-refractivity contribution in [3.05, 3.63) is 0 Å². The quantitative estimate of drug-likeness (QED) is 0.736. The van der Waals surface area contributed by atoms with Crippen LogP contribution in [0, 0.1) is 5.92 Å². The number of nitrogens with zero attached hydrogens (tertiary/aromatic N) is 2. The van der Waals surface area contributed by atoms with E-state index in [4.69, 9.17) is 0 Å². The number of nitrogens with one attached hydrogen (secondary N) is 1. The molecule has 2 aliphatic rings. The van der Waals surface area contributed by atoms with Gasteiger partial charge in [0, 0.05) is 25.6 Å². The van der Waals surface area contributed by atoms with E-state index in [1.807, 2.05) is 5.01 Å². The van der Waals surface area contributed by atoms with Gasteiger partial charge in [-0.15, -0.1) is 0 Å². The molecule has 15 heavy (non-hydrogen) atoms. The van der Waals surface area contributed by atoms with Gasteiger partial charge in [-0.05, 0) is 39.3 Å². The molecule has 1 amide bonds. The summed E-state index contributed by atoms with van der Waals surface area (Å²) in [6.45, 7) is 8.36. The molecule has 2 fully saturated rings. The number of carbonyl (C=O) groups is 1. The molecule has 86 valence electrons. The number of hydrogen-bond acceptors (Lipinski definition) is 3. The van der Waals surface area contributed by atoms with E-state index < -0.39 is 0 Å². The topological polar surface area (TPSA) is 35.6 Å². The van der Waals surface area contributed by atoms with Gasteiger partial charge in [0.1, 0.15) is 0 Å². The van der Waals surface area contributed by atoms with Crippen LogP contribution in [0.15, 0.2) is 0 Å². The van der Waals surface area contributed by atoms with Gasteiger partial charge in [-0.1, -0.05) is 0 Å². The van der Waals surface area contributed by atoms with E-state index in [0.29, 0.717) is 12.5 Å². The van der Waals surface area contributed by atoms with Crippen LogP contribution in [0.4, 0.5) is 0 Å². The third-order valence-electron chi connectivity index (χ3n) is 3.26. The SMILES string of the molecule is CC(C)N1C(=O)CCN1CC1CCNC1. The van der Waals surface area contributed by atoms with Crippen molar-refractivity contribution in [3.63, 3.8) is 0 Å². The van der Waals surface area contributed by atoms with Gasteiger partial charge >= 0.3 is 0 Å². The van der Waals surface area contributed by atoms with Crippen molar-refractivity contribution in [2.45, 2.75) is 32.7 Å². The zero-order valence-corrected chi connectivity index (χ0v) is 9.70. The van der Waals surface area contributed by atoms with Crippen LogP contribution in [0.3, 0.4) is 0 Å². The minimum Gasteiger partial charge on any atom is -0.316 e. The minimum atomic E-state index is 0.288. The first kappa shape index (κ1) is 10.9. The van der Waals surface area contributed by atoms with Gasteiger partial charge in [0.25, 0.3) is 0 Å². The Kier molecular flexibility index (Phi) is 3.26. The maximum absolute atomic E-state index is 11.7. The lowest BCUT2D eigenvalue weighted by atomic mass is 10.1. The molecule has 0 aromatic heterocycles. The van der Waals surface area contributed by atoms with Gasteiger partial charge in [0.2, 0.25) is 5.91 Å². The van der Waals surface area contributed by atoms with Crippen molar-refractivity contribution in [1.29, 1.82) is 0 Å². The van der Waals surface area contributed by atoms with Crippen molar-refractivity contribution in [2.75, 3.05) is 26.2 Å². The smallest absolute Gasteiger partial charge is 0.238 e. The van der Waals surface area contributed by atoms with Gasteiger partial charge in [-0.3, -0.25) is 9.80 Å². The highest BCUT2D eigenvalue weighted by Gasteiger charge is 2.32. The van der Waals surface area contributed by atoms with Gasteiger partial charge in [0.15, 0.2) is 0 Å². The van der Waals surface area contributed by atoms with Crippen molar-refractivity contribution >= 4 is 5.91 Å². The molecule has 2 saturated heterocycles. The Morgan fingerprint density at radius 1 is 1.53 bits per heavy atom. The molecule has 2 heterocycles. The third-order valence-corrected chi connectivity index (χ3v) is 3.26. The Morgan fingerprint density at radius 3 is 2.93 bits per heavy atom.